The van der Waals surface area contributed by atoms with Crippen LogP contribution in [0.15, 0.2) is 0 Å². The van der Waals surface area contributed by atoms with Crippen molar-refractivity contribution in [2.45, 2.75) is 38.8 Å². The van der Waals surface area contributed by atoms with Gasteiger partial charge in [-0.3, -0.25) is 4.90 Å². The summed E-state index contributed by atoms with van der Waals surface area (Å²) in [4.78, 5) is 2.56. The third-order valence-electron chi connectivity index (χ3n) is 3.05. The molecular weight excluding hydrogens is 176 g/mol. The summed E-state index contributed by atoms with van der Waals surface area (Å²) < 4.78 is 5.67. The van der Waals surface area contributed by atoms with Gasteiger partial charge in [-0.1, -0.05) is 13.8 Å². The Kier molecular flexibility index (Phi) is 5.45. The number of likely N-dealkylation sites (N-methyl/N-ethyl adjacent to an activating group) is 1. The first kappa shape index (κ1) is 12.0. The molecule has 0 saturated carbocycles. The number of morpholine rings is 1. The van der Waals surface area contributed by atoms with Crippen molar-refractivity contribution in [3.8, 4) is 0 Å². The SMILES string of the molecule is CCC1CN(C(CC)CNC)CCO1. The minimum Gasteiger partial charge on any atom is -0.376 e. The summed E-state index contributed by atoms with van der Waals surface area (Å²) in [6.07, 6.45) is 2.80. The molecule has 0 amide bonds. The highest BCUT2D eigenvalue weighted by atomic mass is 16.5. The molecule has 2 unspecified atom stereocenters. The summed E-state index contributed by atoms with van der Waals surface area (Å²) in [5, 5.41) is 3.27. The summed E-state index contributed by atoms with van der Waals surface area (Å²) in [5.74, 6) is 0. The van der Waals surface area contributed by atoms with Crippen LogP contribution in [0, 0.1) is 0 Å². The molecule has 0 radical (unpaired) electrons. The lowest BCUT2D eigenvalue weighted by Gasteiger charge is -2.37. The molecule has 1 heterocycles. The van der Waals surface area contributed by atoms with E-state index in [1.165, 1.54) is 6.42 Å². The average Bonchev–Trinajstić information content (AvgIpc) is 2.26. The third kappa shape index (κ3) is 3.23. The molecule has 3 nitrogen and oxygen atoms in total. The highest BCUT2D eigenvalue weighted by Gasteiger charge is 2.23. The second kappa shape index (κ2) is 6.38. The van der Waals surface area contributed by atoms with Crippen LogP contribution >= 0.6 is 0 Å². The van der Waals surface area contributed by atoms with E-state index >= 15 is 0 Å². The van der Waals surface area contributed by atoms with Gasteiger partial charge in [0.05, 0.1) is 12.7 Å². The monoisotopic (exact) mass is 200 g/mol. The van der Waals surface area contributed by atoms with Crippen LogP contribution in [-0.4, -0.2) is 50.3 Å². The van der Waals surface area contributed by atoms with Crippen molar-refractivity contribution in [1.82, 2.24) is 10.2 Å². The molecule has 0 spiro atoms. The summed E-state index contributed by atoms with van der Waals surface area (Å²) >= 11 is 0. The normalized spacial score (nSPS) is 26.4. The van der Waals surface area contributed by atoms with Gasteiger partial charge in [0, 0.05) is 25.7 Å². The Balaban J connectivity index is 2.40. The van der Waals surface area contributed by atoms with Crippen molar-refractivity contribution in [2.24, 2.45) is 0 Å². The van der Waals surface area contributed by atoms with Crippen LogP contribution < -0.4 is 5.32 Å². The highest BCUT2D eigenvalue weighted by Crippen LogP contribution is 2.12. The van der Waals surface area contributed by atoms with Crippen LogP contribution in [0.3, 0.4) is 0 Å². The lowest BCUT2D eigenvalue weighted by molar-refractivity contribution is -0.0444. The molecule has 2 atom stereocenters. The Morgan fingerprint density at radius 1 is 1.50 bits per heavy atom. The van der Waals surface area contributed by atoms with Gasteiger partial charge in [-0.05, 0) is 19.9 Å². The molecule has 1 rings (SSSR count). The van der Waals surface area contributed by atoms with Crippen LogP contribution in [0.2, 0.25) is 0 Å². The van der Waals surface area contributed by atoms with Gasteiger partial charge in [0.25, 0.3) is 0 Å². The number of hydrogen-bond donors (Lipinski definition) is 1. The number of hydrogen-bond acceptors (Lipinski definition) is 3. The largest absolute Gasteiger partial charge is 0.376 e. The van der Waals surface area contributed by atoms with Crippen LogP contribution in [0.5, 0.6) is 0 Å². The van der Waals surface area contributed by atoms with Gasteiger partial charge in [0.1, 0.15) is 0 Å². The highest BCUT2D eigenvalue weighted by molar-refractivity contribution is 4.78. The Hall–Kier alpha value is -0.120. The summed E-state index contributed by atoms with van der Waals surface area (Å²) in [6.45, 7) is 8.66. The van der Waals surface area contributed by atoms with Gasteiger partial charge in [0.15, 0.2) is 0 Å². The molecule has 1 N–H and O–H groups in total. The summed E-state index contributed by atoms with van der Waals surface area (Å²) in [7, 11) is 2.03. The molecule has 0 aliphatic carbocycles. The number of rotatable bonds is 5. The maximum atomic E-state index is 5.67. The van der Waals surface area contributed by atoms with E-state index < -0.39 is 0 Å². The lowest BCUT2D eigenvalue weighted by Crippen LogP contribution is -2.50. The third-order valence-corrected chi connectivity index (χ3v) is 3.05. The Morgan fingerprint density at radius 2 is 2.29 bits per heavy atom. The fraction of sp³-hybridized carbons (Fsp3) is 1.00. The van der Waals surface area contributed by atoms with Crippen molar-refractivity contribution in [3.05, 3.63) is 0 Å². The number of ether oxygens (including phenoxy) is 1. The molecule has 1 fully saturated rings. The van der Waals surface area contributed by atoms with E-state index in [9.17, 15) is 0 Å². The molecule has 0 aromatic rings. The Morgan fingerprint density at radius 3 is 2.86 bits per heavy atom. The van der Waals surface area contributed by atoms with Crippen LogP contribution in [0.25, 0.3) is 0 Å². The predicted octanol–water partition coefficient (Wildman–Crippen LogP) is 1.10. The van der Waals surface area contributed by atoms with Crippen molar-refractivity contribution in [1.29, 1.82) is 0 Å². The number of nitrogens with one attached hydrogen (secondary N) is 1. The van der Waals surface area contributed by atoms with E-state index in [-0.39, 0.29) is 0 Å². The zero-order valence-electron chi connectivity index (χ0n) is 9.75. The van der Waals surface area contributed by atoms with Crippen molar-refractivity contribution < 1.29 is 4.74 Å². The molecule has 84 valence electrons. The quantitative estimate of drug-likeness (QED) is 0.719. The zero-order chi connectivity index (χ0) is 10.4. The minimum atomic E-state index is 0.453. The van der Waals surface area contributed by atoms with Gasteiger partial charge in [-0.2, -0.15) is 0 Å². The molecule has 1 saturated heterocycles. The second-order valence-electron chi connectivity index (χ2n) is 4.02. The Bertz CT molecular complexity index is 152. The molecule has 1 aliphatic heterocycles. The zero-order valence-corrected chi connectivity index (χ0v) is 9.75. The fourth-order valence-corrected chi connectivity index (χ4v) is 2.09. The lowest BCUT2D eigenvalue weighted by atomic mass is 10.1. The minimum absolute atomic E-state index is 0.453. The number of nitrogens with zero attached hydrogens (tertiary/aromatic N) is 1. The predicted molar refractivity (Wildman–Crippen MR) is 59.6 cm³/mol. The first-order valence-corrected chi connectivity index (χ1v) is 5.82. The van der Waals surface area contributed by atoms with E-state index in [0.717, 1.165) is 32.7 Å². The van der Waals surface area contributed by atoms with Crippen molar-refractivity contribution in [3.63, 3.8) is 0 Å². The van der Waals surface area contributed by atoms with Crippen molar-refractivity contribution in [2.75, 3.05) is 33.3 Å². The maximum Gasteiger partial charge on any atom is 0.0700 e. The van der Waals surface area contributed by atoms with Gasteiger partial charge < -0.3 is 10.1 Å². The van der Waals surface area contributed by atoms with Gasteiger partial charge in [0.2, 0.25) is 0 Å². The second-order valence-corrected chi connectivity index (χ2v) is 4.02. The first-order valence-electron chi connectivity index (χ1n) is 5.82. The van der Waals surface area contributed by atoms with Gasteiger partial charge in [-0.15, -0.1) is 0 Å². The van der Waals surface area contributed by atoms with E-state index in [0.29, 0.717) is 12.1 Å². The van der Waals surface area contributed by atoms with E-state index in [1.54, 1.807) is 0 Å². The van der Waals surface area contributed by atoms with Crippen LogP contribution in [0.4, 0.5) is 0 Å². The molecule has 3 heteroatoms. The fourth-order valence-electron chi connectivity index (χ4n) is 2.09. The van der Waals surface area contributed by atoms with Gasteiger partial charge in [-0.25, -0.2) is 0 Å². The first-order chi connectivity index (χ1) is 6.81. The van der Waals surface area contributed by atoms with E-state index in [4.69, 9.17) is 4.74 Å². The summed E-state index contributed by atoms with van der Waals surface area (Å²) in [5.41, 5.74) is 0. The van der Waals surface area contributed by atoms with Gasteiger partial charge >= 0.3 is 0 Å². The van der Waals surface area contributed by atoms with Crippen molar-refractivity contribution >= 4 is 0 Å². The van der Waals surface area contributed by atoms with Crippen LogP contribution in [-0.2, 0) is 4.74 Å². The molecule has 0 aromatic carbocycles. The average molecular weight is 200 g/mol. The molecule has 0 aromatic heterocycles. The van der Waals surface area contributed by atoms with E-state index in [1.807, 2.05) is 7.05 Å². The standard InChI is InChI=1S/C11H24N2O/c1-4-10(8-12-3)13-6-7-14-11(5-2)9-13/h10-12H,4-9H2,1-3H3. The molecule has 14 heavy (non-hydrogen) atoms. The molecular formula is C11H24N2O. The van der Waals surface area contributed by atoms with Crippen LogP contribution in [0.1, 0.15) is 26.7 Å². The molecule has 1 aliphatic rings. The Labute approximate surface area is 87.8 Å². The smallest absolute Gasteiger partial charge is 0.0700 e. The topological polar surface area (TPSA) is 24.5 Å². The molecule has 0 bridgehead atoms. The van der Waals surface area contributed by atoms with E-state index in [2.05, 4.69) is 24.1 Å². The maximum absolute atomic E-state index is 5.67. The summed E-state index contributed by atoms with van der Waals surface area (Å²) in [6, 6.07) is 0.679.